The van der Waals surface area contributed by atoms with E-state index in [4.69, 9.17) is 0 Å². The van der Waals surface area contributed by atoms with Crippen LogP contribution in [0.2, 0.25) is 0 Å². The van der Waals surface area contributed by atoms with Crippen molar-refractivity contribution in [2.45, 2.75) is 26.8 Å². The molecule has 2 heterocycles. The van der Waals surface area contributed by atoms with E-state index in [-0.39, 0.29) is 29.9 Å². The number of fused-ring (bicyclic) bond motifs is 1. The summed E-state index contributed by atoms with van der Waals surface area (Å²) in [7, 11) is -2.90. The summed E-state index contributed by atoms with van der Waals surface area (Å²) in [5.74, 6) is 0.332. The van der Waals surface area contributed by atoms with Gasteiger partial charge in [-0.05, 0) is 49.4 Å². The highest BCUT2D eigenvalue weighted by molar-refractivity contribution is 7.91. The summed E-state index contributed by atoms with van der Waals surface area (Å²) >= 11 is 0. The third-order valence-corrected chi connectivity index (χ3v) is 6.30. The second-order valence-corrected chi connectivity index (χ2v) is 8.60. The third-order valence-electron chi connectivity index (χ3n) is 4.47. The average molecular weight is 335 g/mol. The maximum atomic E-state index is 12.1. The summed E-state index contributed by atoms with van der Waals surface area (Å²) in [6.07, 6.45) is 2.30. The van der Waals surface area contributed by atoms with Crippen molar-refractivity contribution in [3.05, 3.63) is 29.6 Å². The Morgan fingerprint density at radius 1 is 1.35 bits per heavy atom. The van der Waals surface area contributed by atoms with Crippen molar-refractivity contribution in [2.75, 3.05) is 18.1 Å². The summed E-state index contributed by atoms with van der Waals surface area (Å²) in [6.45, 7) is 4.68. The number of carbonyl (C=O) groups excluding carboxylic acids is 1. The van der Waals surface area contributed by atoms with Gasteiger partial charge in [0, 0.05) is 6.54 Å². The zero-order valence-electron chi connectivity index (χ0n) is 13.4. The minimum atomic E-state index is -2.90. The molecule has 1 aliphatic rings. The topological polar surface area (TPSA) is 81.1 Å². The van der Waals surface area contributed by atoms with Crippen molar-refractivity contribution in [1.29, 1.82) is 0 Å². The standard InChI is InChI=1S/C16H21N3O3S/c1-11-5-14-15(6-12(11)2)19(10-18-14)8-16(20)17-7-13-3-4-23(21,22)9-13/h5-6,10,13H,3-4,7-9H2,1-2H3,(H,17,20)/t13-/m0/s1. The van der Waals surface area contributed by atoms with Crippen LogP contribution < -0.4 is 5.32 Å². The van der Waals surface area contributed by atoms with E-state index >= 15 is 0 Å². The first-order chi connectivity index (χ1) is 10.8. The predicted molar refractivity (Wildman–Crippen MR) is 89.0 cm³/mol. The molecule has 0 saturated carbocycles. The van der Waals surface area contributed by atoms with Gasteiger partial charge < -0.3 is 9.88 Å². The van der Waals surface area contributed by atoms with Crippen LogP contribution in [-0.2, 0) is 21.2 Å². The lowest BCUT2D eigenvalue weighted by molar-refractivity contribution is -0.121. The minimum absolute atomic E-state index is 0.0355. The van der Waals surface area contributed by atoms with Crippen LogP contribution in [-0.4, -0.2) is 41.9 Å². The first-order valence-electron chi connectivity index (χ1n) is 7.73. The number of aromatic nitrogens is 2. The lowest BCUT2D eigenvalue weighted by Crippen LogP contribution is -2.32. The third kappa shape index (κ3) is 3.55. The van der Waals surface area contributed by atoms with E-state index in [0.29, 0.717) is 13.0 Å². The molecule has 1 aromatic heterocycles. The molecule has 0 unspecified atom stereocenters. The molecule has 0 spiro atoms. The number of rotatable bonds is 4. The number of hydrogen-bond acceptors (Lipinski definition) is 4. The summed E-state index contributed by atoms with van der Waals surface area (Å²) in [5.41, 5.74) is 4.15. The Kier molecular flexibility index (Phi) is 4.14. The van der Waals surface area contributed by atoms with Gasteiger partial charge in [-0.15, -0.1) is 0 Å². The number of carbonyl (C=O) groups is 1. The molecule has 6 nitrogen and oxygen atoms in total. The van der Waals surface area contributed by atoms with E-state index in [9.17, 15) is 13.2 Å². The molecule has 2 aromatic rings. The molecule has 0 radical (unpaired) electrons. The minimum Gasteiger partial charge on any atom is -0.354 e. The molecular formula is C16H21N3O3S. The maximum Gasteiger partial charge on any atom is 0.240 e. The Balaban J connectivity index is 1.63. The quantitative estimate of drug-likeness (QED) is 0.910. The second-order valence-electron chi connectivity index (χ2n) is 6.37. The fourth-order valence-electron chi connectivity index (χ4n) is 2.94. The fourth-order valence-corrected chi connectivity index (χ4v) is 4.80. The molecule has 1 amide bonds. The van der Waals surface area contributed by atoms with Crippen molar-refractivity contribution in [3.63, 3.8) is 0 Å². The van der Waals surface area contributed by atoms with E-state index in [2.05, 4.69) is 10.3 Å². The molecule has 23 heavy (non-hydrogen) atoms. The Labute approximate surface area is 135 Å². The van der Waals surface area contributed by atoms with Gasteiger partial charge in [-0.2, -0.15) is 0 Å². The fraction of sp³-hybridized carbons (Fsp3) is 0.500. The summed E-state index contributed by atoms with van der Waals surface area (Å²) < 4.78 is 24.7. The smallest absolute Gasteiger partial charge is 0.240 e. The van der Waals surface area contributed by atoms with Crippen molar-refractivity contribution in [2.24, 2.45) is 5.92 Å². The molecule has 7 heteroatoms. The van der Waals surface area contributed by atoms with Crippen LogP contribution in [0, 0.1) is 19.8 Å². The molecule has 1 aromatic carbocycles. The molecule has 1 fully saturated rings. The Morgan fingerprint density at radius 2 is 2.09 bits per heavy atom. The number of aryl methyl sites for hydroxylation is 2. The van der Waals surface area contributed by atoms with Gasteiger partial charge >= 0.3 is 0 Å². The Hall–Kier alpha value is -1.89. The van der Waals surface area contributed by atoms with Gasteiger partial charge in [0.25, 0.3) is 0 Å². The van der Waals surface area contributed by atoms with E-state index < -0.39 is 9.84 Å². The molecule has 0 aliphatic carbocycles. The van der Waals surface area contributed by atoms with Gasteiger partial charge in [0.15, 0.2) is 9.84 Å². The zero-order valence-corrected chi connectivity index (χ0v) is 14.2. The van der Waals surface area contributed by atoms with Gasteiger partial charge in [-0.25, -0.2) is 13.4 Å². The molecular weight excluding hydrogens is 314 g/mol. The normalized spacial score (nSPS) is 20.0. The van der Waals surface area contributed by atoms with Crippen LogP contribution >= 0.6 is 0 Å². The monoisotopic (exact) mass is 335 g/mol. The van der Waals surface area contributed by atoms with E-state index in [0.717, 1.165) is 16.6 Å². The second kappa shape index (κ2) is 5.96. The molecule has 1 atom stereocenters. The SMILES string of the molecule is Cc1cc2ncn(CC(=O)NC[C@@H]3CCS(=O)(=O)C3)c2cc1C. The van der Waals surface area contributed by atoms with Crippen LogP contribution in [0.5, 0.6) is 0 Å². The Morgan fingerprint density at radius 3 is 2.78 bits per heavy atom. The molecule has 1 N–H and O–H groups in total. The number of amides is 1. The first kappa shape index (κ1) is 16.0. The van der Waals surface area contributed by atoms with E-state index in [1.807, 2.05) is 30.5 Å². The van der Waals surface area contributed by atoms with Crippen LogP contribution in [0.3, 0.4) is 0 Å². The summed E-state index contributed by atoms with van der Waals surface area (Å²) in [6, 6.07) is 4.05. The largest absolute Gasteiger partial charge is 0.354 e. The average Bonchev–Trinajstić information content (AvgIpc) is 3.01. The van der Waals surface area contributed by atoms with Crippen molar-refractivity contribution in [1.82, 2.24) is 14.9 Å². The molecule has 1 aliphatic heterocycles. The highest BCUT2D eigenvalue weighted by atomic mass is 32.2. The number of nitrogens with one attached hydrogen (secondary N) is 1. The van der Waals surface area contributed by atoms with Gasteiger partial charge in [-0.1, -0.05) is 0 Å². The van der Waals surface area contributed by atoms with Crippen LogP contribution in [0.4, 0.5) is 0 Å². The van der Waals surface area contributed by atoms with Crippen molar-refractivity contribution in [3.8, 4) is 0 Å². The lowest BCUT2D eigenvalue weighted by atomic mass is 10.1. The number of hydrogen-bond donors (Lipinski definition) is 1. The molecule has 0 bridgehead atoms. The van der Waals surface area contributed by atoms with Crippen molar-refractivity contribution < 1.29 is 13.2 Å². The maximum absolute atomic E-state index is 12.1. The molecule has 1 saturated heterocycles. The predicted octanol–water partition coefficient (Wildman–Crippen LogP) is 1.20. The summed E-state index contributed by atoms with van der Waals surface area (Å²) in [5, 5.41) is 2.84. The van der Waals surface area contributed by atoms with Gasteiger partial charge in [0.2, 0.25) is 5.91 Å². The zero-order chi connectivity index (χ0) is 16.6. The van der Waals surface area contributed by atoms with Gasteiger partial charge in [0.05, 0.1) is 28.9 Å². The lowest BCUT2D eigenvalue weighted by Gasteiger charge is -2.10. The van der Waals surface area contributed by atoms with Gasteiger partial charge in [-0.3, -0.25) is 4.79 Å². The van der Waals surface area contributed by atoms with Crippen LogP contribution in [0.25, 0.3) is 11.0 Å². The molecule has 3 rings (SSSR count). The number of sulfone groups is 1. The number of nitrogens with zero attached hydrogens (tertiary/aromatic N) is 2. The first-order valence-corrected chi connectivity index (χ1v) is 9.55. The van der Waals surface area contributed by atoms with E-state index in [1.165, 1.54) is 5.56 Å². The van der Waals surface area contributed by atoms with Gasteiger partial charge in [0.1, 0.15) is 6.54 Å². The number of imidazole rings is 1. The van der Waals surface area contributed by atoms with E-state index in [1.54, 1.807) is 6.33 Å². The highest BCUT2D eigenvalue weighted by Gasteiger charge is 2.27. The number of benzene rings is 1. The Bertz CT molecular complexity index is 855. The van der Waals surface area contributed by atoms with Crippen molar-refractivity contribution >= 4 is 26.8 Å². The molecule has 124 valence electrons. The summed E-state index contributed by atoms with van der Waals surface area (Å²) in [4.78, 5) is 16.4. The van der Waals surface area contributed by atoms with Crippen LogP contribution in [0.1, 0.15) is 17.5 Å². The highest BCUT2D eigenvalue weighted by Crippen LogP contribution is 2.19. The van der Waals surface area contributed by atoms with Crippen LogP contribution in [0.15, 0.2) is 18.5 Å².